The second kappa shape index (κ2) is 8.80. The van der Waals surface area contributed by atoms with Crippen LogP contribution in [0.5, 0.6) is 5.75 Å². The van der Waals surface area contributed by atoms with Crippen LogP contribution in [0.1, 0.15) is 34.3 Å². The van der Waals surface area contributed by atoms with E-state index in [-0.39, 0.29) is 17.5 Å². The van der Waals surface area contributed by atoms with Gasteiger partial charge in [-0.15, -0.1) is 11.3 Å². The minimum atomic E-state index is -0.282. The van der Waals surface area contributed by atoms with Crippen LogP contribution in [0.25, 0.3) is 17.0 Å². The van der Waals surface area contributed by atoms with Gasteiger partial charge in [0, 0.05) is 17.7 Å². The van der Waals surface area contributed by atoms with E-state index < -0.39 is 0 Å². The Morgan fingerprint density at radius 3 is 2.53 bits per heavy atom. The smallest absolute Gasteiger partial charge is 0.230 e. The molecule has 0 N–H and O–H groups in total. The number of para-hydroxylation sites is 2. The van der Waals surface area contributed by atoms with E-state index in [0.29, 0.717) is 22.2 Å². The highest BCUT2D eigenvalue weighted by molar-refractivity contribution is 7.14. The van der Waals surface area contributed by atoms with Gasteiger partial charge in [0.05, 0.1) is 18.5 Å². The molecule has 4 aromatic rings. The number of hydrogen-bond acceptors (Lipinski definition) is 6. The van der Waals surface area contributed by atoms with Gasteiger partial charge in [-0.1, -0.05) is 30.3 Å². The van der Waals surface area contributed by atoms with Gasteiger partial charge in [0.15, 0.2) is 22.2 Å². The first-order valence-corrected chi connectivity index (χ1v) is 10.9. The summed E-state index contributed by atoms with van der Waals surface area (Å²) in [7, 11) is 1.56. The van der Waals surface area contributed by atoms with E-state index in [2.05, 4.69) is 4.98 Å². The molecule has 7 heteroatoms. The van der Waals surface area contributed by atoms with Crippen LogP contribution in [0.15, 0.2) is 58.3 Å². The molecule has 0 spiro atoms. The molecule has 4 rings (SSSR count). The molecule has 0 aliphatic rings. The average Bonchev–Trinajstić information content (AvgIpc) is 3.41. The Morgan fingerprint density at radius 1 is 1.12 bits per heavy atom. The zero-order chi connectivity index (χ0) is 22.8. The first kappa shape index (κ1) is 21.5. The summed E-state index contributed by atoms with van der Waals surface area (Å²) in [5.74, 6) is 0.387. The summed E-state index contributed by atoms with van der Waals surface area (Å²) in [4.78, 5) is 31.3. The van der Waals surface area contributed by atoms with Crippen LogP contribution >= 0.6 is 11.3 Å². The predicted molar refractivity (Wildman–Crippen MR) is 127 cm³/mol. The van der Waals surface area contributed by atoms with Crippen LogP contribution in [-0.4, -0.2) is 23.8 Å². The fraction of sp³-hybridized carbons (Fsp3) is 0.160. The summed E-state index contributed by atoms with van der Waals surface area (Å²) in [5, 5.41) is 3.16. The Balaban J connectivity index is 1.60. The van der Waals surface area contributed by atoms with Crippen molar-refractivity contribution in [1.29, 1.82) is 0 Å². The predicted octanol–water partition coefficient (Wildman–Crippen LogP) is 6.10. The number of rotatable bonds is 6. The lowest BCUT2D eigenvalue weighted by Gasteiger charge is -2.22. The third-order valence-electron chi connectivity index (χ3n) is 5.06. The number of methoxy groups -OCH3 is 1. The molecule has 1 amide bonds. The molecule has 0 saturated heterocycles. The third kappa shape index (κ3) is 4.07. The molecular weight excluding hydrogens is 424 g/mol. The Morgan fingerprint density at radius 2 is 1.84 bits per heavy atom. The van der Waals surface area contributed by atoms with Crippen LogP contribution < -0.4 is 9.64 Å². The molecule has 0 aliphatic carbocycles. The SMILES string of the molecule is COc1cccc2cc(C(=O)C=Cc3csc(N(C(C)=O)c4c(C)cccc4C)n3)oc12. The number of furan rings is 1. The summed E-state index contributed by atoms with van der Waals surface area (Å²) in [6.07, 6.45) is 3.04. The number of amides is 1. The van der Waals surface area contributed by atoms with E-state index in [0.717, 1.165) is 22.2 Å². The molecule has 162 valence electrons. The maximum Gasteiger partial charge on any atom is 0.230 e. The van der Waals surface area contributed by atoms with Crippen molar-refractivity contribution in [3.63, 3.8) is 0 Å². The number of hydrogen-bond donors (Lipinski definition) is 0. The van der Waals surface area contributed by atoms with Crippen molar-refractivity contribution in [3.05, 3.63) is 76.5 Å². The van der Waals surface area contributed by atoms with Gasteiger partial charge in [0.1, 0.15) is 0 Å². The number of allylic oxidation sites excluding steroid dienone is 1. The van der Waals surface area contributed by atoms with Crippen molar-refractivity contribution in [2.45, 2.75) is 20.8 Å². The van der Waals surface area contributed by atoms with Gasteiger partial charge in [-0.25, -0.2) is 4.98 Å². The fourth-order valence-corrected chi connectivity index (χ4v) is 4.40. The van der Waals surface area contributed by atoms with Gasteiger partial charge in [0.2, 0.25) is 11.7 Å². The van der Waals surface area contributed by atoms with Crippen molar-refractivity contribution in [2.75, 3.05) is 12.0 Å². The minimum Gasteiger partial charge on any atom is -0.493 e. The summed E-state index contributed by atoms with van der Waals surface area (Å²) in [6.45, 7) is 5.45. The van der Waals surface area contributed by atoms with Gasteiger partial charge in [0.25, 0.3) is 0 Å². The normalized spacial score (nSPS) is 11.2. The number of nitrogens with zero attached hydrogens (tertiary/aromatic N) is 2. The van der Waals surface area contributed by atoms with E-state index >= 15 is 0 Å². The number of ketones is 1. The van der Waals surface area contributed by atoms with Crippen LogP contribution in [-0.2, 0) is 4.79 Å². The molecule has 0 unspecified atom stereocenters. The zero-order valence-electron chi connectivity index (χ0n) is 18.2. The quantitative estimate of drug-likeness (QED) is 0.264. The van der Waals surface area contributed by atoms with Crippen molar-refractivity contribution in [1.82, 2.24) is 4.98 Å². The number of thiazole rings is 1. The van der Waals surface area contributed by atoms with Crippen LogP contribution in [0, 0.1) is 13.8 Å². The molecular formula is C25H22N2O4S. The number of fused-ring (bicyclic) bond motifs is 1. The lowest BCUT2D eigenvalue weighted by Crippen LogP contribution is -2.24. The summed E-state index contributed by atoms with van der Waals surface area (Å²) in [6, 6.07) is 13.1. The molecule has 0 atom stereocenters. The number of anilines is 2. The standard InChI is InChI=1S/C25H22N2O4S/c1-15-7-5-8-16(2)23(15)27(17(3)28)25-26-19(14-32-25)11-12-20(29)22-13-18-9-6-10-21(30-4)24(18)31-22/h5-14H,1-4H3. The molecule has 6 nitrogen and oxygen atoms in total. The highest BCUT2D eigenvalue weighted by Crippen LogP contribution is 2.34. The number of ether oxygens (including phenoxy) is 1. The van der Waals surface area contributed by atoms with Gasteiger partial charge in [-0.3, -0.25) is 14.5 Å². The van der Waals surface area contributed by atoms with E-state index in [1.54, 1.807) is 30.2 Å². The van der Waals surface area contributed by atoms with Crippen LogP contribution in [0.3, 0.4) is 0 Å². The third-order valence-corrected chi connectivity index (χ3v) is 5.90. The first-order chi connectivity index (χ1) is 15.4. The first-order valence-electron chi connectivity index (χ1n) is 10.0. The maximum absolute atomic E-state index is 12.6. The van der Waals surface area contributed by atoms with Gasteiger partial charge in [-0.2, -0.15) is 0 Å². The number of carbonyl (C=O) groups excluding carboxylic acids is 2. The molecule has 32 heavy (non-hydrogen) atoms. The van der Waals surface area contributed by atoms with Crippen molar-refractivity contribution < 1.29 is 18.7 Å². The highest BCUT2D eigenvalue weighted by atomic mass is 32.1. The maximum atomic E-state index is 12.6. The van der Waals surface area contributed by atoms with Crippen molar-refractivity contribution in [2.24, 2.45) is 0 Å². The largest absolute Gasteiger partial charge is 0.493 e. The van der Waals surface area contributed by atoms with E-state index in [1.165, 1.54) is 24.3 Å². The number of benzene rings is 2. The Kier molecular flexibility index (Phi) is 5.92. The zero-order valence-corrected chi connectivity index (χ0v) is 19.0. The van der Waals surface area contributed by atoms with Crippen LogP contribution in [0.4, 0.5) is 10.8 Å². The lowest BCUT2D eigenvalue weighted by molar-refractivity contribution is -0.115. The molecule has 0 saturated carbocycles. The molecule has 2 aromatic carbocycles. The Labute approximate surface area is 189 Å². The fourth-order valence-electron chi connectivity index (χ4n) is 3.56. The molecule has 0 fully saturated rings. The monoisotopic (exact) mass is 446 g/mol. The van der Waals surface area contributed by atoms with Gasteiger partial charge in [-0.05, 0) is 49.3 Å². The summed E-state index contributed by atoms with van der Waals surface area (Å²) < 4.78 is 11.0. The Bertz CT molecular complexity index is 1330. The highest BCUT2D eigenvalue weighted by Gasteiger charge is 2.21. The average molecular weight is 447 g/mol. The number of carbonyl (C=O) groups is 2. The second-order valence-corrected chi connectivity index (χ2v) is 8.17. The Hall–Kier alpha value is -3.71. The van der Waals surface area contributed by atoms with Crippen LogP contribution in [0.2, 0.25) is 0 Å². The van der Waals surface area contributed by atoms with E-state index in [9.17, 15) is 9.59 Å². The summed E-state index contributed by atoms with van der Waals surface area (Å²) >= 11 is 1.35. The van der Waals surface area contributed by atoms with E-state index in [4.69, 9.17) is 9.15 Å². The van der Waals surface area contributed by atoms with Crippen molar-refractivity contribution in [3.8, 4) is 5.75 Å². The van der Waals surface area contributed by atoms with Gasteiger partial charge >= 0.3 is 0 Å². The lowest BCUT2D eigenvalue weighted by atomic mass is 10.1. The second-order valence-electron chi connectivity index (χ2n) is 7.34. The molecule has 0 aliphatic heterocycles. The molecule has 2 heterocycles. The van der Waals surface area contributed by atoms with E-state index in [1.807, 2.05) is 49.6 Å². The van der Waals surface area contributed by atoms with Crippen molar-refractivity contribution >= 4 is 50.9 Å². The topological polar surface area (TPSA) is 72.6 Å². The number of aromatic nitrogens is 1. The summed E-state index contributed by atoms with van der Waals surface area (Å²) in [5.41, 5.74) is 3.93. The molecule has 2 aromatic heterocycles. The molecule has 0 radical (unpaired) electrons. The van der Waals surface area contributed by atoms with Gasteiger partial charge < -0.3 is 9.15 Å². The minimum absolute atomic E-state index is 0.125. The number of aryl methyl sites for hydroxylation is 2. The molecule has 0 bridgehead atoms.